The van der Waals surface area contributed by atoms with Crippen LogP contribution in [0.1, 0.15) is 15.9 Å². The Morgan fingerprint density at radius 3 is 1.93 bits per heavy atom. The first-order valence-corrected chi connectivity index (χ1v) is 9.59. The van der Waals surface area contributed by atoms with Crippen LogP contribution in [0.5, 0.6) is 0 Å². The zero-order valence-electron chi connectivity index (χ0n) is 16.4. The van der Waals surface area contributed by atoms with E-state index in [-0.39, 0.29) is 18.9 Å². The zero-order chi connectivity index (χ0) is 21.3. The molecule has 6 nitrogen and oxygen atoms in total. The first-order chi connectivity index (χ1) is 14.5. The van der Waals surface area contributed by atoms with Crippen LogP contribution >= 0.6 is 0 Å². The first kappa shape index (κ1) is 20.8. The Kier molecular flexibility index (Phi) is 6.95. The van der Waals surface area contributed by atoms with E-state index in [0.717, 1.165) is 16.7 Å². The number of amides is 3. The van der Waals surface area contributed by atoms with Crippen LogP contribution in [0.4, 0.5) is 0 Å². The van der Waals surface area contributed by atoms with Gasteiger partial charge in [0.05, 0.1) is 6.54 Å². The minimum atomic E-state index is -0.867. The van der Waals surface area contributed by atoms with Crippen LogP contribution in [0.3, 0.4) is 0 Å². The van der Waals surface area contributed by atoms with Gasteiger partial charge in [0.25, 0.3) is 5.91 Å². The summed E-state index contributed by atoms with van der Waals surface area (Å²) in [6.07, 6.45) is 0.267. The second-order valence-corrected chi connectivity index (χ2v) is 6.84. The lowest BCUT2D eigenvalue weighted by molar-refractivity contribution is -0.126. The summed E-state index contributed by atoms with van der Waals surface area (Å²) in [5, 5.41) is 5.12. The summed E-state index contributed by atoms with van der Waals surface area (Å²) >= 11 is 0. The lowest BCUT2D eigenvalue weighted by atomic mass is 10.0. The number of hydrogen-bond acceptors (Lipinski definition) is 3. The van der Waals surface area contributed by atoms with E-state index in [9.17, 15) is 14.4 Å². The van der Waals surface area contributed by atoms with Crippen LogP contribution in [0.15, 0.2) is 84.9 Å². The lowest BCUT2D eigenvalue weighted by Crippen LogP contribution is -2.49. The summed E-state index contributed by atoms with van der Waals surface area (Å²) in [6.45, 7) is -0.246. The quantitative estimate of drug-likeness (QED) is 0.540. The molecule has 0 aliphatic carbocycles. The molecule has 3 aromatic carbocycles. The molecule has 0 unspecified atom stereocenters. The second kappa shape index (κ2) is 10.0. The van der Waals surface area contributed by atoms with E-state index < -0.39 is 17.9 Å². The predicted octanol–water partition coefficient (Wildman–Crippen LogP) is 2.30. The van der Waals surface area contributed by atoms with Crippen LogP contribution in [0.25, 0.3) is 11.1 Å². The zero-order valence-corrected chi connectivity index (χ0v) is 16.4. The molecule has 152 valence electrons. The molecule has 4 N–H and O–H groups in total. The molecule has 0 bridgehead atoms. The number of carbonyl (C=O) groups excluding carboxylic acids is 3. The molecule has 0 radical (unpaired) electrons. The molecule has 0 spiro atoms. The summed E-state index contributed by atoms with van der Waals surface area (Å²) in [6, 6.07) is 25.4. The molecule has 0 fully saturated rings. The molecule has 0 saturated carbocycles. The van der Waals surface area contributed by atoms with Gasteiger partial charge < -0.3 is 16.4 Å². The fourth-order valence-electron chi connectivity index (χ4n) is 3.02. The average molecular weight is 401 g/mol. The third-order valence-electron chi connectivity index (χ3n) is 4.63. The van der Waals surface area contributed by atoms with Gasteiger partial charge in [-0.1, -0.05) is 72.8 Å². The average Bonchev–Trinajstić information content (AvgIpc) is 2.78. The molecular formula is C24H23N3O3. The van der Waals surface area contributed by atoms with Crippen molar-refractivity contribution in [3.05, 3.63) is 96.1 Å². The Bertz CT molecular complexity index is 1000. The lowest BCUT2D eigenvalue weighted by Gasteiger charge is -2.16. The monoisotopic (exact) mass is 401 g/mol. The molecular weight excluding hydrogens is 378 g/mol. The van der Waals surface area contributed by atoms with Crippen LogP contribution in [0, 0.1) is 0 Å². The molecule has 30 heavy (non-hydrogen) atoms. The van der Waals surface area contributed by atoms with Crippen LogP contribution < -0.4 is 16.4 Å². The van der Waals surface area contributed by atoms with Crippen molar-refractivity contribution in [3.8, 4) is 11.1 Å². The van der Waals surface area contributed by atoms with Gasteiger partial charge in [-0.2, -0.15) is 0 Å². The van der Waals surface area contributed by atoms with Gasteiger partial charge >= 0.3 is 0 Å². The fourth-order valence-corrected chi connectivity index (χ4v) is 3.02. The largest absolute Gasteiger partial charge is 0.368 e. The minimum absolute atomic E-state index is 0.246. The van der Waals surface area contributed by atoms with Gasteiger partial charge in [-0.05, 0) is 28.8 Å². The Hall–Kier alpha value is -3.93. The van der Waals surface area contributed by atoms with Gasteiger partial charge in [0.15, 0.2) is 0 Å². The van der Waals surface area contributed by atoms with Crippen LogP contribution in [0.2, 0.25) is 0 Å². The standard InChI is InChI=1S/C24H23N3O3/c25-23(29)21(27-22(28)16-26-24(30)20-9-5-2-6-10-20)15-17-11-13-19(14-12-17)18-7-3-1-4-8-18/h1-14,21H,15-16H2,(H2,25,29)(H,26,30)(H,27,28)/t21-/m0/s1. The van der Waals surface area contributed by atoms with Crippen molar-refractivity contribution in [2.75, 3.05) is 6.54 Å². The Labute approximate surface area is 175 Å². The molecule has 0 heterocycles. The third kappa shape index (κ3) is 5.78. The number of benzene rings is 3. The van der Waals surface area contributed by atoms with E-state index in [0.29, 0.717) is 5.56 Å². The SMILES string of the molecule is NC(=O)[C@H](Cc1ccc(-c2ccccc2)cc1)NC(=O)CNC(=O)c1ccccc1. The number of carbonyl (C=O) groups is 3. The van der Waals surface area contributed by atoms with E-state index in [1.165, 1.54) is 0 Å². The van der Waals surface area contributed by atoms with Crippen molar-refractivity contribution >= 4 is 17.7 Å². The molecule has 6 heteroatoms. The highest BCUT2D eigenvalue weighted by atomic mass is 16.2. The van der Waals surface area contributed by atoms with Gasteiger partial charge in [0.1, 0.15) is 6.04 Å². The van der Waals surface area contributed by atoms with Crippen LogP contribution in [-0.2, 0) is 16.0 Å². The molecule has 0 saturated heterocycles. The third-order valence-corrected chi connectivity index (χ3v) is 4.63. The smallest absolute Gasteiger partial charge is 0.251 e. The highest BCUT2D eigenvalue weighted by Gasteiger charge is 2.19. The normalized spacial score (nSPS) is 11.3. The Morgan fingerprint density at radius 1 is 0.767 bits per heavy atom. The van der Waals surface area contributed by atoms with E-state index in [4.69, 9.17) is 5.73 Å². The number of primary amides is 1. The summed E-state index contributed by atoms with van der Waals surface area (Å²) in [4.78, 5) is 36.0. The maximum absolute atomic E-state index is 12.2. The highest BCUT2D eigenvalue weighted by molar-refractivity contribution is 5.97. The number of nitrogens with two attached hydrogens (primary N) is 1. The number of nitrogens with one attached hydrogen (secondary N) is 2. The molecule has 0 aliphatic heterocycles. The molecule has 0 aliphatic rings. The van der Waals surface area contributed by atoms with Crippen molar-refractivity contribution in [2.45, 2.75) is 12.5 Å². The Morgan fingerprint density at radius 2 is 1.33 bits per heavy atom. The summed E-state index contributed by atoms with van der Waals surface area (Å²) < 4.78 is 0. The van der Waals surface area contributed by atoms with Crippen molar-refractivity contribution in [1.29, 1.82) is 0 Å². The second-order valence-electron chi connectivity index (χ2n) is 6.84. The molecule has 3 rings (SSSR count). The van der Waals surface area contributed by atoms with E-state index in [2.05, 4.69) is 10.6 Å². The van der Waals surface area contributed by atoms with Crippen molar-refractivity contribution in [2.24, 2.45) is 5.73 Å². The van der Waals surface area contributed by atoms with Crippen molar-refractivity contribution < 1.29 is 14.4 Å². The topological polar surface area (TPSA) is 101 Å². The summed E-state index contributed by atoms with van der Waals surface area (Å²) in [5.41, 5.74) is 8.93. The number of rotatable bonds is 8. The van der Waals surface area contributed by atoms with Gasteiger partial charge in [-0.25, -0.2) is 0 Å². The molecule has 3 aromatic rings. The summed E-state index contributed by atoms with van der Waals surface area (Å²) in [5.74, 6) is -1.48. The summed E-state index contributed by atoms with van der Waals surface area (Å²) in [7, 11) is 0. The van der Waals surface area contributed by atoms with E-state index in [1.54, 1.807) is 30.3 Å². The molecule has 1 atom stereocenters. The van der Waals surface area contributed by atoms with Gasteiger partial charge in [0.2, 0.25) is 11.8 Å². The first-order valence-electron chi connectivity index (χ1n) is 9.59. The number of hydrogen-bond donors (Lipinski definition) is 3. The predicted molar refractivity (Wildman–Crippen MR) is 115 cm³/mol. The Balaban J connectivity index is 1.56. The van der Waals surface area contributed by atoms with Crippen molar-refractivity contribution in [3.63, 3.8) is 0 Å². The fraction of sp³-hybridized carbons (Fsp3) is 0.125. The van der Waals surface area contributed by atoms with Gasteiger partial charge in [-0.3, -0.25) is 14.4 Å². The maximum atomic E-state index is 12.2. The molecule has 0 aromatic heterocycles. The van der Waals surface area contributed by atoms with E-state index >= 15 is 0 Å². The van der Waals surface area contributed by atoms with Crippen LogP contribution in [-0.4, -0.2) is 30.3 Å². The molecule has 3 amide bonds. The van der Waals surface area contributed by atoms with E-state index in [1.807, 2.05) is 54.6 Å². The van der Waals surface area contributed by atoms with Gasteiger partial charge in [0, 0.05) is 12.0 Å². The maximum Gasteiger partial charge on any atom is 0.251 e. The highest BCUT2D eigenvalue weighted by Crippen LogP contribution is 2.19. The van der Waals surface area contributed by atoms with Crippen molar-refractivity contribution in [1.82, 2.24) is 10.6 Å². The van der Waals surface area contributed by atoms with Gasteiger partial charge in [-0.15, -0.1) is 0 Å². The minimum Gasteiger partial charge on any atom is -0.368 e.